The molecule has 6 heteroatoms. The van der Waals surface area contributed by atoms with Crippen LogP contribution in [0.1, 0.15) is 6.92 Å². The van der Waals surface area contributed by atoms with Crippen molar-refractivity contribution in [2.24, 2.45) is 0 Å². The van der Waals surface area contributed by atoms with Crippen molar-refractivity contribution >= 4 is 5.91 Å². The molecule has 0 heterocycles. The standard InChI is InChI=1S/C9H15F3N2O/c1-3-5-13-6-8(15)14(4-2)7-9(10,11)12/h3,13H,1,4-7H2,2H3. The minimum atomic E-state index is -4.34. The van der Waals surface area contributed by atoms with Crippen LogP contribution in [-0.2, 0) is 4.79 Å². The van der Waals surface area contributed by atoms with Gasteiger partial charge in [0.2, 0.25) is 5.91 Å². The van der Waals surface area contributed by atoms with Gasteiger partial charge in [-0.1, -0.05) is 6.08 Å². The minimum absolute atomic E-state index is 0.0497. The zero-order valence-electron chi connectivity index (χ0n) is 8.60. The van der Waals surface area contributed by atoms with Crippen LogP contribution in [-0.4, -0.2) is 43.2 Å². The van der Waals surface area contributed by atoms with Crippen LogP contribution >= 0.6 is 0 Å². The summed E-state index contributed by atoms with van der Waals surface area (Å²) in [4.78, 5) is 12.0. The van der Waals surface area contributed by atoms with Gasteiger partial charge in [-0.05, 0) is 6.92 Å². The molecule has 0 aromatic heterocycles. The quantitative estimate of drug-likeness (QED) is 0.542. The number of halogens is 3. The highest BCUT2D eigenvalue weighted by Crippen LogP contribution is 2.16. The fourth-order valence-electron chi connectivity index (χ4n) is 0.986. The Balaban J connectivity index is 4.05. The molecule has 1 amide bonds. The first-order valence-corrected chi connectivity index (χ1v) is 4.56. The molecule has 0 aromatic carbocycles. The van der Waals surface area contributed by atoms with Crippen LogP contribution in [0.2, 0.25) is 0 Å². The molecule has 0 unspecified atom stereocenters. The average molecular weight is 224 g/mol. The molecule has 15 heavy (non-hydrogen) atoms. The minimum Gasteiger partial charge on any atom is -0.333 e. The van der Waals surface area contributed by atoms with Gasteiger partial charge >= 0.3 is 6.18 Å². The van der Waals surface area contributed by atoms with Gasteiger partial charge in [0.25, 0.3) is 0 Å². The number of alkyl halides is 3. The van der Waals surface area contributed by atoms with Gasteiger partial charge < -0.3 is 10.2 Å². The van der Waals surface area contributed by atoms with E-state index in [1.807, 2.05) is 0 Å². The summed E-state index contributed by atoms with van der Waals surface area (Å²) >= 11 is 0. The van der Waals surface area contributed by atoms with E-state index in [9.17, 15) is 18.0 Å². The second-order valence-corrected chi connectivity index (χ2v) is 2.94. The van der Waals surface area contributed by atoms with Crippen LogP contribution in [0.5, 0.6) is 0 Å². The zero-order valence-corrected chi connectivity index (χ0v) is 8.60. The Morgan fingerprint density at radius 2 is 2.13 bits per heavy atom. The Labute approximate surface area is 86.9 Å². The van der Waals surface area contributed by atoms with E-state index in [1.54, 1.807) is 0 Å². The van der Waals surface area contributed by atoms with Gasteiger partial charge in [0.1, 0.15) is 6.54 Å². The molecule has 0 spiro atoms. The van der Waals surface area contributed by atoms with Crippen LogP contribution in [0, 0.1) is 0 Å². The summed E-state index contributed by atoms with van der Waals surface area (Å²) in [6.45, 7) is 4.08. The Morgan fingerprint density at radius 1 is 1.53 bits per heavy atom. The molecule has 0 bridgehead atoms. The first-order valence-electron chi connectivity index (χ1n) is 4.56. The Morgan fingerprint density at radius 3 is 2.53 bits per heavy atom. The summed E-state index contributed by atoms with van der Waals surface area (Å²) in [7, 11) is 0. The molecule has 0 aliphatic rings. The summed E-state index contributed by atoms with van der Waals surface area (Å²) in [6.07, 6.45) is -2.81. The normalized spacial score (nSPS) is 11.2. The second kappa shape index (κ2) is 6.44. The number of amides is 1. The number of nitrogens with one attached hydrogen (secondary N) is 1. The molecule has 0 aliphatic heterocycles. The SMILES string of the molecule is C=CCNCC(=O)N(CC)CC(F)(F)F. The summed E-state index contributed by atoms with van der Waals surface area (Å²) < 4.78 is 36.0. The monoisotopic (exact) mass is 224 g/mol. The molecule has 0 fully saturated rings. The lowest BCUT2D eigenvalue weighted by molar-refractivity contribution is -0.160. The van der Waals surface area contributed by atoms with Gasteiger partial charge in [0, 0.05) is 13.1 Å². The van der Waals surface area contributed by atoms with Crippen LogP contribution in [0.25, 0.3) is 0 Å². The number of nitrogens with zero attached hydrogens (tertiary/aromatic N) is 1. The van der Waals surface area contributed by atoms with Crippen molar-refractivity contribution < 1.29 is 18.0 Å². The maximum atomic E-state index is 12.0. The van der Waals surface area contributed by atoms with Crippen molar-refractivity contribution in [1.29, 1.82) is 0 Å². The van der Waals surface area contributed by atoms with Crippen LogP contribution in [0.3, 0.4) is 0 Å². The van der Waals surface area contributed by atoms with Crippen molar-refractivity contribution in [1.82, 2.24) is 10.2 Å². The Hall–Kier alpha value is -1.04. The third-order valence-electron chi connectivity index (χ3n) is 1.67. The maximum Gasteiger partial charge on any atom is 0.406 e. The lowest BCUT2D eigenvalue weighted by atomic mass is 10.4. The number of carbonyl (C=O) groups is 1. The van der Waals surface area contributed by atoms with E-state index in [1.165, 1.54) is 13.0 Å². The van der Waals surface area contributed by atoms with Gasteiger partial charge in [-0.3, -0.25) is 4.79 Å². The molecule has 0 atom stereocenters. The predicted molar refractivity (Wildman–Crippen MR) is 51.4 cm³/mol. The first kappa shape index (κ1) is 14.0. The summed E-state index contributed by atoms with van der Waals surface area (Å²) in [5.74, 6) is -0.559. The van der Waals surface area contributed by atoms with E-state index < -0.39 is 18.6 Å². The van der Waals surface area contributed by atoms with Crippen molar-refractivity contribution in [3.8, 4) is 0 Å². The fraction of sp³-hybridized carbons (Fsp3) is 0.667. The average Bonchev–Trinajstić information content (AvgIpc) is 2.13. The summed E-state index contributed by atoms with van der Waals surface area (Å²) in [6, 6.07) is 0. The van der Waals surface area contributed by atoms with Gasteiger partial charge in [0.15, 0.2) is 0 Å². The number of hydrogen-bond acceptors (Lipinski definition) is 2. The molecule has 88 valence electrons. The van der Waals surface area contributed by atoms with Crippen LogP contribution in [0.4, 0.5) is 13.2 Å². The lowest BCUT2D eigenvalue weighted by Gasteiger charge is -2.22. The number of likely N-dealkylation sites (N-methyl/N-ethyl adjacent to an activating group) is 1. The Bertz CT molecular complexity index is 216. The molecular formula is C9H15F3N2O. The number of hydrogen-bond donors (Lipinski definition) is 1. The highest BCUT2D eigenvalue weighted by Gasteiger charge is 2.31. The van der Waals surface area contributed by atoms with E-state index in [0.717, 1.165) is 4.90 Å². The van der Waals surface area contributed by atoms with E-state index in [2.05, 4.69) is 11.9 Å². The topological polar surface area (TPSA) is 32.3 Å². The van der Waals surface area contributed by atoms with E-state index in [0.29, 0.717) is 6.54 Å². The smallest absolute Gasteiger partial charge is 0.333 e. The van der Waals surface area contributed by atoms with Crippen molar-refractivity contribution in [2.45, 2.75) is 13.1 Å². The van der Waals surface area contributed by atoms with Crippen LogP contribution < -0.4 is 5.32 Å². The molecule has 0 saturated carbocycles. The third kappa shape index (κ3) is 6.96. The molecule has 0 rings (SSSR count). The van der Waals surface area contributed by atoms with E-state index >= 15 is 0 Å². The van der Waals surface area contributed by atoms with Crippen molar-refractivity contribution in [2.75, 3.05) is 26.2 Å². The fourth-order valence-corrected chi connectivity index (χ4v) is 0.986. The third-order valence-corrected chi connectivity index (χ3v) is 1.67. The summed E-state index contributed by atoms with van der Waals surface area (Å²) in [5, 5.41) is 2.66. The van der Waals surface area contributed by atoms with Crippen molar-refractivity contribution in [3.63, 3.8) is 0 Å². The van der Waals surface area contributed by atoms with Gasteiger partial charge in [0.05, 0.1) is 6.54 Å². The molecule has 3 nitrogen and oxygen atoms in total. The van der Waals surface area contributed by atoms with Crippen LogP contribution in [0.15, 0.2) is 12.7 Å². The summed E-state index contributed by atoms with van der Waals surface area (Å²) in [5.41, 5.74) is 0. The Kier molecular flexibility index (Phi) is 6.00. The number of carbonyl (C=O) groups excluding carboxylic acids is 1. The predicted octanol–water partition coefficient (Wildman–Crippen LogP) is 1.17. The van der Waals surface area contributed by atoms with E-state index in [4.69, 9.17) is 0 Å². The van der Waals surface area contributed by atoms with Gasteiger partial charge in [-0.25, -0.2) is 0 Å². The lowest BCUT2D eigenvalue weighted by Crippen LogP contribution is -2.43. The van der Waals surface area contributed by atoms with Gasteiger partial charge in [-0.15, -0.1) is 6.58 Å². The highest BCUT2D eigenvalue weighted by atomic mass is 19.4. The molecule has 0 saturated heterocycles. The van der Waals surface area contributed by atoms with Gasteiger partial charge in [-0.2, -0.15) is 13.2 Å². The maximum absolute atomic E-state index is 12.0. The molecule has 0 radical (unpaired) electrons. The van der Waals surface area contributed by atoms with E-state index in [-0.39, 0.29) is 13.1 Å². The first-order chi connectivity index (χ1) is 6.90. The largest absolute Gasteiger partial charge is 0.406 e. The molecular weight excluding hydrogens is 209 g/mol. The zero-order chi connectivity index (χ0) is 11.9. The second-order valence-electron chi connectivity index (χ2n) is 2.94. The molecule has 1 N–H and O–H groups in total. The molecule has 0 aliphatic carbocycles. The molecule has 0 aromatic rings. The number of rotatable bonds is 6. The van der Waals surface area contributed by atoms with Crippen molar-refractivity contribution in [3.05, 3.63) is 12.7 Å². The highest BCUT2D eigenvalue weighted by molar-refractivity contribution is 5.78.